The van der Waals surface area contributed by atoms with Crippen LogP contribution in [-0.2, 0) is 30.2 Å². The third-order valence-corrected chi connectivity index (χ3v) is 8.80. The minimum atomic E-state index is -0.756. The highest BCUT2D eigenvalue weighted by Gasteiger charge is 2.43. The van der Waals surface area contributed by atoms with E-state index in [2.05, 4.69) is 40.1 Å². The van der Waals surface area contributed by atoms with Gasteiger partial charge in [0.15, 0.2) is 21.7 Å². The average molecular weight is 648 g/mol. The van der Waals surface area contributed by atoms with E-state index < -0.39 is 17.3 Å². The van der Waals surface area contributed by atoms with E-state index in [4.69, 9.17) is 4.74 Å². The first kappa shape index (κ1) is 28.7. The number of nitrogens with one attached hydrogen (secondary N) is 1. The van der Waals surface area contributed by atoms with Crippen molar-refractivity contribution in [1.82, 2.24) is 18.7 Å². The number of Topliss-reactive ketones (excluding diaryl/α,β-unsaturated/α-hetero) is 1. The van der Waals surface area contributed by atoms with Crippen molar-refractivity contribution >= 4 is 50.2 Å². The number of rotatable bonds is 4. The van der Waals surface area contributed by atoms with Crippen molar-refractivity contribution in [1.29, 1.82) is 0 Å². The lowest BCUT2D eigenvalue weighted by atomic mass is 9.73. The molecule has 0 saturated heterocycles. The second-order valence-electron chi connectivity index (χ2n) is 11.8. The number of ketones is 1. The van der Waals surface area contributed by atoms with Gasteiger partial charge in [0.05, 0.1) is 24.5 Å². The van der Waals surface area contributed by atoms with Gasteiger partial charge >= 0.3 is 5.69 Å². The van der Waals surface area contributed by atoms with Crippen molar-refractivity contribution < 1.29 is 14.3 Å². The van der Waals surface area contributed by atoms with E-state index in [-0.39, 0.29) is 39.5 Å². The molecule has 1 unspecified atom stereocenters. The molecule has 3 heterocycles. The molecule has 6 rings (SSSR count). The van der Waals surface area contributed by atoms with E-state index >= 15 is 0 Å². The number of hydrogen-bond acceptors (Lipinski definition) is 7. The van der Waals surface area contributed by atoms with Crippen molar-refractivity contribution in [2.45, 2.75) is 39.3 Å². The summed E-state index contributed by atoms with van der Waals surface area (Å²) in [5, 5.41) is 3.51. The van der Waals surface area contributed by atoms with Crippen molar-refractivity contribution in [2.24, 2.45) is 19.5 Å². The summed E-state index contributed by atoms with van der Waals surface area (Å²) in [6.07, 6.45) is 0.958. The number of carbonyl (C=O) groups is 2. The summed E-state index contributed by atoms with van der Waals surface area (Å²) >= 11 is 3.41. The van der Waals surface area contributed by atoms with E-state index in [1.807, 2.05) is 48.5 Å². The summed E-state index contributed by atoms with van der Waals surface area (Å²) < 4.78 is 9.34. The lowest BCUT2D eigenvalue weighted by Gasteiger charge is -2.37. The molecule has 0 bridgehead atoms. The van der Waals surface area contributed by atoms with Gasteiger partial charge < -0.3 is 14.6 Å². The second-order valence-corrected chi connectivity index (χ2v) is 12.5. The van der Waals surface area contributed by atoms with Gasteiger partial charge in [-0.15, -0.1) is 0 Å². The first-order chi connectivity index (χ1) is 20.4. The number of aromatic nitrogens is 4. The van der Waals surface area contributed by atoms with Gasteiger partial charge in [-0.05, 0) is 57.6 Å². The normalized spacial score (nSPS) is 17.8. The number of nitrogens with zero attached hydrogens (tertiary/aromatic N) is 5. The Morgan fingerprint density at radius 3 is 2.44 bits per heavy atom. The molecule has 43 heavy (non-hydrogen) atoms. The van der Waals surface area contributed by atoms with Crippen LogP contribution in [0.3, 0.4) is 0 Å². The Hall–Kier alpha value is -4.45. The second kappa shape index (κ2) is 10.4. The largest absolute Gasteiger partial charge is 0.497 e. The van der Waals surface area contributed by atoms with Gasteiger partial charge in [0.1, 0.15) is 12.3 Å². The Morgan fingerprint density at radius 1 is 1.05 bits per heavy atom. The van der Waals surface area contributed by atoms with Crippen molar-refractivity contribution in [3.05, 3.63) is 90.9 Å². The Morgan fingerprint density at radius 2 is 1.74 bits per heavy atom. The lowest BCUT2D eigenvalue weighted by molar-refractivity contribution is -0.120. The van der Waals surface area contributed by atoms with Gasteiger partial charge in [0.25, 0.3) is 5.56 Å². The smallest absolute Gasteiger partial charge is 0.332 e. The van der Waals surface area contributed by atoms with Crippen molar-refractivity contribution in [2.75, 3.05) is 17.3 Å². The molecule has 1 aliphatic heterocycles. The van der Waals surface area contributed by atoms with E-state index in [1.54, 1.807) is 12.0 Å². The Balaban J connectivity index is 1.57. The summed E-state index contributed by atoms with van der Waals surface area (Å²) in [5.74, 6) is 0.231. The molecule has 0 fully saturated rings. The number of aryl methyl sites for hydroxylation is 1. The van der Waals surface area contributed by atoms with E-state index in [1.165, 1.54) is 23.2 Å². The SMILES string of the molecule is COc1ccc(C2C3=C(CC(C)(C)CC3=O)Nc3ccccc3N2C(=O)Cn2c(Br)nc3c2c(=O)n(C)c(=O)n3C)cc1. The predicted octanol–water partition coefficient (Wildman–Crippen LogP) is 4.05. The van der Waals surface area contributed by atoms with Gasteiger partial charge in [0.2, 0.25) is 5.91 Å². The fraction of sp³-hybridized carbons (Fsp3) is 0.323. The highest BCUT2D eigenvalue weighted by Crippen LogP contribution is 2.48. The van der Waals surface area contributed by atoms with Gasteiger partial charge in [-0.3, -0.25) is 28.4 Å². The first-order valence-corrected chi connectivity index (χ1v) is 14.6. The molecule has 1 N–H and O–H groups in total. The minimum absolute atomic E-state index is 0.0386. The van der Waals surface area contributed by atoms with Crippen LogP contribution >= 0.6 is 15.9 Å². The summed E-state index contributed by atoms with van der Waals surface area (Å²) in [6.45, 7) is 3.84. The number of benzene rings is 2. The van der Waals surface area contributed by atoms with E-state index in [9.17, 15) is 19.2 Å². The molecule has 12 heteroatoms. The van der Waals surface area contributed by atoms with Gasteiger partial charge in [-0.25, -0.2) is 9.78 Å². The number of imidazole rings is 1. The van der Waals surface area contributed by atoms with Gasteiger partial charge in [-0.2, -0.15) is 0 Å². The Labute approximate surface area is 255 Å². The summed E-state index contributed by atoms with van der Waals surface area (Å²) in [6, 6.07) is 14.0. The number of halogens is 1. The topological polar surface area (TPSA) is 120 Å². The average Bonchev–Trinajstić information content (AvgIpc) is 3.21. The minimum Gasteiger partial charge on any atom is -0.497 e. The number of methoxy groups -OCH3 is 1. The summed E-state index contributed by atoms with van der Waals surface area (Å²) in [4.78, 5) is 60.4. The maximum atomic E-state index is 14.6. The maximum Gasteiger partial charge on any atom is 0.332 e. The van der Waals surface area contributed by atoms with Crippen molar-refractivity contribution in [3.8, 4) is 5.75 Å². The number of hydrogen-bond donors (Lipinski definition) is 1. The molecule has 1 amide bonds. The molecular formula is C31H31BrN6O5. The molecule has 4 aromatic rings. The fourth-order valence-electron chi connectivity index (χ4n) is 6.14. The van der Waals surface area contributed by atoms with Gasteiger partial charge in [-0.1, -0.05) is 38.1 Å². The molecule has 1 aliphatic carbocycles. The number of amides is 1. The van der Waals surface area contributed by atoms with Gasteiger partial charge in [0, 0.05) is 31.8 Å². The Bertz CT molecular complexity index is 1970. The van der Waals surface area contributed by atoms with Crippen LogP contribution in [0.15, 0.2) is 74.1 Å². The summed E-state index contributed by atoms with van der Waals surface area (Å²) in [7, 11) is 4.49. The summed E-state index contributed by atoms with van der Waals surface area (Å²) in [5.41, 5.74) is 2.25. The molecule has 0 spiro atoms. The molecule has 1 atom stereocenters. The molecule has 0 saturated carbocycles. The molecule has 0 radical (unpaired) electrons. The number of anilines is 2. The van der Waals surface area contributed by atoms with Crippen LogP contribution in [0.5, 0.6) is 5.75 Å². The zero-order valence-corrected chi connectivity index (χ0v) is 26.1. The number of allylic oxidation sites excluding steroid dienone is 1. The molecule has 222 valence electrons. The van der Waals surface area contributed by atoms with Crippen LogP contribution in [0.25, 0.3) is 11.2 Å². The van der Waals surface area contributed by atoms with Crippen LogP contribution in [0, 0.1) is 5.41 Å². The number of carbonyl (C=O) groups excluding carboxylic acids is 2. The highest BCUT2D eigenvalue weighted by atomic mass is 79.9. The third-order valence-electron chi connectivity index (χ3n) is 8.20. The third kappa shape index (κ3) is 4.69. The molecular weight excluding hydrogens is 616 g/mol. The zero-order chi connectivity index (χ0) is 30.8. The standard InChI is InChI=1S/C31H31BrN6O5/c1-31(2)14-20-24(22(39)15-31)25(17-10-12-18(43-5)13-11-17)38(21-9-7-6-8-19(21)33-20)23(40)16-37-26-27(34-29(37)32)35(3)30(42)36(4)28(26)41/h6-13,25,33H,14-16H2,1-5H3. The molecule has 2 aromatic heterocycles. The highest BCUT2D eigenvalue weighted by molar-refractivity contribution is 9.10. The number of para-hydroxylation sites is 2. The van der Waals surface area contributed by atoms with Crippen LogP contribution in [0.1, 0.15) is 38.3 Å². The van der Waals surface area contributed by atoms with Crippen LogP contribution in [0.2, 0.25) is 0 Å². The molecule has 2 aromatic carbocycles. The quantitative estimate of drug-likeness (QED) is 0.332. The fourth-order valence-corrected chi connectivity index (χ4v) is 6.61. The van der Waals surface area contributed by atoms with E-state index in [0.717, 1.165) is 15.8 Å². The zero-order valence-electron chi connectivity index (χ0n) is 24.5. The first-order valence-electron chi connectivity index (χ1n) is 13.8. The number of ether oxygens (including phenoxy) is 1. The maximum absolute atomic E-state index is 14.6. The van der Waals surface area contributed by atoms with E-state index in [0.29, 0.717) is 35.5 Å². The monoisotopic (exact) mass is 646 g/mol. The van der Waals surface area contributed by atoms with Crippen LogP contribution < -0.4 is 26.2 Å². The lowest BCUT2D eigenvalue weighted by Crippen LogP contribution is -2.41. The van der Waals surface area contributed by atoms with Crippen LogP contribution in [0.4, 0.5) is 11.4 Å². The molecule has 2 aliphatic rings. The molecule has 11 nitrogen and oxygen atoms in total. The predicted molar refractivity (Wildman–Crippen MR) is 166 cm³/mol. The Kier molecular flexibility index (Phi) is 6.91. The van der Waals surface area contributed by atoms with Crippen molar-refractivity contribution in [3.63, 3.8) is 0 Å². The number of fused-ring (bicyclic) bond motifs is 2. The van der Waals surface area contributed by atoms with Crippen LogP contribution in [-0.4, -0.2) is 37.5 Å².